The van der Waals surface area contributed by atoms with Gasteiger partial charge in [-0.2, -0.15) is 0 Å². The second kappa shape index (κ2) is 13.9. The Morgan fingerprint density at radius 2 is 1.47 bits per heavy atom. The van der Waals surface area contributed by atoms with Crippen molar-refractivity contribution in [3.05, 3.63) is 134 Å². The number of nitrogens with one attached hydrogen (secondary N) is 2. The molecule has 0 bridgehead atoms. The van der Waals surface area contributed by atoms with Crippen molar-refractivity contribution in [2.45, 2.75) is 44.4 Å². The van der Waals surface area contributed by atoms with Gasteiger partial charge in [0.25, 0.3) is 5.69 Å². The fraction of sp³-hybridized carbons (Fsp3) is 0.333. The van der Waals surface area contributed by atoms with Crippen molar-refractivity contribution in [1.82, 2.24) is 15.5 Å². The topological polar surface area (TPSA) is 114 Å². The van der Waals surface area contributed by atoms with Crippen LogP contribution in [0.2, 0.25) is 0 Å². The van der Waals surface area contributed by atoms with E-state index in [2.05, 4.69) is 76.2 Å². The Labute approximate surface area is 264 Å². The molecule has 0 unspecified atom stereocenters. The van der Waals surface area contributed by atoms with Crippen LogP contribution in [0.5, 0.6) is 0 Å². The molecule has 0 spiro atoms. The lowest BCUT2D eigenvalue weighted by Crippen LogP contribution is -2.44. The highest BCUT2D eigenvalue weighted by atomic mass is 16.6. The van der Waals surface area contributed by atoms with E-state index in [0.717, 1.165) is 38.9 Å². The first kappa shape index (κ1) is 31.7. The highest BCUT2D eigenvalue weighted by molar-refractivity contribution is 6.02. The van der Waals surface area contributed by atoms with Gasteiger partial charge >= 0.3 is 5.97 Å². The fourth-order valence-electron chi connectivity index (χ4n) is 6.81. The Balaban J connectivity index is 1.24. The zero-order chi connectivity index (χ0) is 32.0. The molecule has 2 aliphatic rings. The SMILES string of the molecule is COC(=O)C1=C(C)NC(C)=C(C(=O)NCCCN2CCC(c3ccccc3)(c3ccccc3)CC2)[C@H]1c1ccc([N+](=O)[O-])cc1. The van der Waals surface area contributed by atoms with E-state index >= 15 is 0 Å². The molecule has 5 rings (SSSR count). The number of ether oxygens (including phenoxy) is 1. The molecule has 9 nitrogen and oxygen atoms in total. The van der Waals surface area contributed by atoms with Gasteiger partial charge in [-0.1, -0.05) is 72.8 Å². The number of dihydropyridines is 1. The number of carbonyl (C=O) groups is 2. The number of methoxy groups -OCH3 is 1. The zero-order valence-corrected chi connectivity index (χ0v) is 26.0. The van der Waals surface area contributed by atoms with E-state index in [1.165, 1.54) is 30.4 Å². The van der Waals surface area contributed by atoms with Crippen molar-refractivity contribution in [2.75, 3.05) is 33.3 Å². The number of rotatable bonds is 10. The van der Waals surface area contributed by atoms with Crippen LogP contribution in [0.4, 0.5) is 5.69 Å². The highest BCUT2D eigenvalue weighted by Gasteiger charge is 2.38. The normalized spacial score (nSPS) is 18.2. The summed E-state index contributed by atoms with van der Waals surface area (Å²) in [7, 11) is 1.30. The number of esters is 1. The molecule has 3 aromatic rings. The Hall–Kier alpha value is -4.76. The Morgan fingerprint density at radius 1 is 0.911 bits per heavy atom. The molecule has 2 N–H and O–H groups in total. The van der Waals surface area contributed by atoms with Crippen molar-refractivity contribution in [1.29, 1.82) is 0 Å². The van der Waals surface area contributed by atoms with Crippen LogP contribution in [0.1, 0.15) is 55.7 Å². The summed E-state index contributed by atoms with van der Waals surface area (Å²) < 4.78 is 5.07. The number of amides is 1. The van der Waals surface area contributed by atoms with Gasteiger partial charge in [-0.25, -0.2) is 4.79 Å². The standard InChI is InChI=1S/C36H40N4O5/c1-25-31(33(32(26(2)38-25)35(42)45-3)27-15-17-30(18-16-27)40(43)44)34(41)37-21-10-22-39-23-19-36(20-24-39,28-11-6-4-7-12-28)29-13-8-5-9-14-29/h4-9,11-18,33,38H,10,19-24H2,1-3H3,(H,37,41)/t33-/m1/s1. The van der Waals surface area contributed by atoms with Crippen LogP contribution in [0, 0.1) is 10.1 Å². The number of likely N-dealkylation sites (tertiary alicyclic amines) is 1. The monoisotopic (exact) mass is 608 g/mol. The molecule has 45 heavy (non-hydrogen) atoms. The summed E-state index contributed by atoms with van der Waals surface area (Å²) in [4.78, 5) is 39.8. The van der Waals surface area contributed by atoms with E-state index in [1.807, 2.05) is 0 Å². The van der Waals surface area contributed by atoms with Crippen molar-refractivity contribution < 1.29 is 19.2 Å². The Kier molecular flexibility index (Phi) is 9.78. The number of carbonyl (C=O) groups excluding carboxylic acids is 2. The van der Waals surface area contributed by atoms with E-state index in [0.29, 0.717) is 34.6 Å². The van der Waals surface area contributed by atoms with Crippen LogP contribution in [0.25, 0.3) is 0 Å². The minimum atomic E-state index is -0.731. The molecule has 2 heterocycles. The average molecular weight is 609 g/mol. The van der Waals surface area contributed by atoms with E-state index in [4.69, 9.17) is 4.74 Å². The van der Waals surface area contributed by atoms with Gasteiger partial charge in [-0.3, -0.25) is 14.9 Å². The molecule has 234 valence electrons. The second-order valence-corrected chi connectivity index (χ2v) is 11.7. The molecule has 1 saturated heterocycles. The summed E-state index contributed by atoms with van der Waals surface area (Å²) in [6.45, 7) is 6.80. The van der Waals surface area contributed by atoms with Gasteiger partial charge in [-0.15, -0.1) is 0 Å². The van der Waals surface area contributed by atoms with Gasteiger partial charge < -0.3 is 20.3 Å². The molecule has 9 heteroatoms. The molecular formula is C36H40N4O5. The van der Waals surface area contributed by atoms with Crippen molar-refractivity contribution in [3.63, 3.8) is 0 Å². The van der Waals surface area contributed by atoms with Crippen LogP contribution in [-0.2, 0) is 19.7 Å². The number of nitrogens with zero attached hydrogens (tertiary/aromatic N) is 2. The Morgan fingerprint density at radius 3 is 2.00 bits per heavy atom. The summed E-state index contributed by atoms with van der Waals surface area (Å²) in [5.74, 6) is -1.58. The van der Waals surface area contributed by atoms with Gasteiger partial charge in [0.2, 0.25) is 5.91 Å². The molecule has 0 radical (unpaired) electrons. The lowest BCUT2D eigenvalue weighted by molar-refractivity contribution is -0.384. The predicted octanol–water partition coefficient (Wildman–Crippen LogP) is 5.59. The van der Waals surface area contributed by atoms with E-state index in [-0.39, 0.29) is 17.0 Å². The van der Waals surface area contributed by atoms with Crippen LogP contribution >= 0.6 is 0 Å². The van der Waals surface area contributed by atoms with E-state index in [1.54, 1.807) is 26.0 Å². The number of nitro benzene ring substituents is 1. The lowest BCUT2D eigenvalue weighted by atomic mass is 9.68. The number of nitro groups is 1. The first-order valence-corrected chi connectivity index (χ1v) is 15.4. The Bertz CT molecular complexity index is 1550. The van der Waals surface area contributed by atoms with Crippen LogP contribution in [0.15, 0.2) is 107 Å². The zero-order valence-electron chi connectivity index (χ0n) is 26.0. The molecular weight excluding hydrogens is 568 g/mol. The molecule has 1 fully saturated rings. The maximum atomic E-state index is 13.7. The van der Waals surface area contributed by atoms with Gasteiger partial charge in [0, 0.05) is 41.1 Å². The quantitative estimate of drug-likeness (QED) is 0.134. The number of benzene rings is 3. The average Bonchev–Trinajstić information content (AvgIpc) is 3.07. The predicted molar refractivity (Wildman–Crippen MR) is 173 cm³/mol. The fourth-order valence-corrected chi connectivity index (χ4v) is 6.81. The first-order valence-electron chi connectivity index (χ1n) is 15.4. The molecule has 0 aromatic heterocycles. The first-order chi connectivity index (χ1) is 21.7. The third-order valence-corrected chi connectivity index (χ3v) is 9.15. The summed E-state index contributed by atoms with van der Waals surface area (Å²) in [6, 6.07) is 27.5. The number of hydrogen-bond donors (Lipinski definition) is 2. The third kappa shape index (κ3) is 6.68. The number of non-ortho nitro benzene ring substituents is 1. The van der Waals surface area contributed by atoms with Gasteiger partial charge in [-0.05, 0) is 69.4 Å². The number of allylic oxidation sites excluding steroid dienone is 2. The minimum absolute atomic E-state index is 0.0128. The summed E-state index contributed by atoms with van der Waals surface area (Å²) >= 11 is 0. The minimum Gasteiger partial charge on any atom is -0.466 e. The van der Waals surface area contributed by atoms with E-state index in [9.17, 15) is 19.7 Å². The van der Waals surface area contributed by atoms with Crippen molar-refractivity contribution >= 4 is 17.6 Å². The number of piperidine rings is 1. The van der Waals surface area contributed by atoms with Gasteiger partial charge in [0.15, 0.2) is 0 Å². The third-order valence-electron chi connectivity index (χ3n) is 9.15. The largest absolute Gasteiger partial charge is 0.466 e. The molecule has 3 aromatic carbocycles. The number of hydrogen-bond acceptors (Lipinski definition) is 7. The van der Waals surface area contributed by atoms with Crippen molar-refractivity contribution in [3.8, 4) is 0 Å². The maximum Gasteiger partial charge on any atom is 0.336 e. The maximum absolute atomic E-state index is 13.7. The lowest BCUT2D eigenvalue weighted by Gasteiger charge is -2.43. The van der Waals surface area contributed by atoms with Crippen LogP contribution in [0.3, 0.4) is 0 Å². The van der Waals surface area contributed by atoms with Gasteiger partial charge in [0.05, 0.1) is 23.5 Å². The molecule has 0 aliphatic carbocycles. The molecule has 0 saturated carbocycles. The van der Waals surface area contributed by atoms with Gasteiger partial charge in [0.1, 0.15) is 0 Å². The van der Waals surface area contributed by atoms with Crippen molar-refractivity contribution in [2.24, 2.45) is 0 Å². The molecule has 2 aliphatic heterocycles. The summed E-state index contributed by atoms with van der Waals surface area (Å²) in [5, 5.41) is 17.5. The summed E-state index contributed by atoms with van der Waals surface area (Å²) in [5.41, 5.74) is 5.11. The summed E-state index contributed by atoms with van der Waals surface area (Å²) in [6.07, 6.45) is 2.81. The van der Waals surface area contributed by atoms with Crippen LogP contribution in [-0.4, -0.2) is 55.0 Å². The molecule has 1 atom stereocenters. The smallest absolute Gasteiger partial charge is 0.336 e. The highest BCUT2D eigenvalue weighted by Crippen LogP contribution is 2.42. The molecule has 1 amide bonds. The van der Waals surface area contributed by atoms with Crippen LogP contribution < -0.4 is 10.6 Å². The van der Waals surface area contributed by atoms with E-state index < -0.39 is 16.8 Å². The second-order valence-electron chi connectivity index (χ2n) is 11.7.